The molecule has 0 unspecified atom stereocenters. The van der Waals surface area contributed by atoms with Crippen molar-refractivity contribution in [3.8, 4) is 0 Å². The van der Waals surface area contributed by atoms with Crippen molar-refractivity contribution in [1.29, 1.82) is 0 Å². The van der Waals surface area contributed by atoms with Gasteiger partial charge in [-0.1, -0.05) is 31.2 Å². The number of aryl methyl sites for hydroxylation is 1. The van der Waals surface area contributed by atoms with E-state index in [2.05, 4.69) is 0 Å². The SMILES string of the molecule is CCc1ccc(CC(C)(F)F)cc1. The first-order valence-corrected chi connectivity index (χ1v) is 4.47. The number of hydrogen-bond donors (Lipinski definition) is 0. The van der Waals surface area contributed by atoms with Crippen LogP contribution >= 0.6 is 0 Å². The molecule has 0 nitrogen and oxygen atoms in total. The van der Waals surface area contributed by atoms with Gasteiger partial charge in [0.05, 0.1) is 0 Å². The summed E-state index contributed by atoms with van der Waals surface area (Å²) in [6, 6.07) is 7.36. The third kappa shape index (κ3) is 3.53. The molecule has 0 heterocycles. The van der Waals surface area contributed by atoms with Crippen LogP contribution in [0.5, 0.6) is 0 Å². The summed E-state index contributed by atoms with van der Waals surface area (Å²) in [5.41, 5.74) is 1.88. The van der Waals surface area contributed by atoms with Crippen LogP contribution in [-0.2, 0) is 12.8 Å². The molecule has 0 aliphatic carbocycles. The van der Waals surface area contributed by atoms with E-state index in [4.69, 9.17) is 0 Å². The molecule has 0 saturated heterocycles. The maximum atomic E-state index is 12.6. The Bertz CT molecular complexity index is 256. The van der Waals surface area contributed by atoms with E-state index in [9.17, 15) is 8.78 Å². The summed E-state index contributed by atoms with van der Waals surface area (Å²) in [7, 11) is 0. The fraction of sp³-hybridized carbons (Fsp3) is 0.455. The minimum absolute atomic E-state index is 0.170. The number of alkyl halides is 2. The second kappa shape index (κ2) is 3.86. The highest BCUT2D eigenvalue weighted by Gasteiger charge is 2.21. The number of halogens is 2. The third-order valence-corrected chi connectivity index (χ3v) is 1.95. The number of hydrogen-bond acceptors (Lipinski definition) is 0. The minimum Gasteiger partial charge on any atom is -0.207 e. The lowest BCUT2D eigenvalue weighted by atomic mass is 10.1. The van der Waals surface area contributed by atoms with Gasteiger partial charge in [-0.25, -0.2) is 8.78 Å². The van der Waals surface area contributed by atoms with Crippen molar-refractivity contribution in [3.63, 3.8) is 0 Å². The summed E-state index contributed by atoms with van der Waals surface area (Å²) >= 11 is 0. The summed E-state index contributed by atoms with van der Waals surface area (Å²) in [4.78, 5) is 0. The first kappa shape index (κ1) is 10.2. The Labute approximate surface area is 77.6 Å². The van der Waals surface area contributed by atoms with Gasteiger partial charge >= 0.3 is 0 Å². The summed E-state index contributed by atoms with van der Waals surface area (Å²) in [5, 5.41) is 0. The maximum absolute atomic E-state index is 12.6. The molecule has 1 aromatic rings. The smallest absolute Gasteiger partial charge is 0.207 e. The molecule has 13 heavy (non-hydrogen) atoms. The van der Waals surface area contributed by atoms with E-state index in [0.717, 1.165) is 13.3 Å². The van der Waals surface area contributed by atoms with Gasteiger partial charge < -0.3 is 0 Å². The van der Waals surface area contributed by atoms with Gasteiger partial charge in [0.2, 0.25) is 5.92 Å². The first-order valence-electron chi connectivity index (χ1n) is 4.47. The van der Waals surface area contributed by atoms with Crippen molar-refractivity contribution in [2.75, 3.05) is 0 Å². The Hall–Kier alpha value is -0.920. The van der Waals surface area contributed by atoms with Crippen molar-refractivity contribution < 1.29 is 8.78 Å². The lowest BCUT2D eigenvalue weighted by molar-refractivity contribution is 0.0226. The van der Waals surface area contributed by atoms with Crippen LogP contribution in [0.25, 0.3) is 0 Å². The Morgan fingerprint density at radius 1 is 1.08 bits per heavy atom. The van der Waals surface area contributed by atoms with Crippen LogP contribution in [0.3, 0.4) is 0 Å². The molecule has 72 valence electrons. The zero-order valence-electron chi connectivity index (χ0n) is 7.98. The summed E-state index contributed by atoms with van der Waals surface area (Å²) < 4.78 is 25.2. The zero-order valence-corrected chi connectivity index (χ0v) is 7.98. The largest absolute Gasteiger partial charge is 0.249 e. The zero-order chi connectivity index (χ0) is 9.90. The van der Waals surface area contributed by atoms with E-state index in [1.54, 1.807) is 12.1 Å². The molecule has 0 bridgehead atoms. The summed E-state index contributed by atoms with van der Waals surface area (Å²) in [6.07, 6.45) is 0.778. The van der Waals surface area contributed by atoms with Gasteiger partial charge in [-0.3, -0.25) is 0 Å². The Morgan fingerprint density at radius 2 is 1.54 bits per heavy atom. The van der Waals surface area contributed by atoms with Crippen LogP contribution in [0.2, 0.25) is 0 Å². The topological polar surface area (TPSA) is 0 Å². The molecule has 0 spiro atoms. The Morgan fingerprint density at radius 3 is 1.92 bits per heavy atom. The van der Waals surface area contributed by atoms with Gasteiger partial charge in [0.25, 0.3) is 0 Å². The first-order chi connectivity index (χ1) is 6.01. The van der Waals surface area contributed by atoms with Crippen molar-refractivity contribution in [1.82, 2.24) is 0 Å². The predicted molar refractivity (Wildman–Crippen MR) is 50.1 cm³/mol. The Kier molecular flexibility index (Phi) is 3.02. The molecule has 0 aliphatic heterocycles. The summed E-state index contributed by atoms with van der Waals surface area (Å²) in [5.74, 6) is -2.60. The van der Waals surface area contributed by atoms with Gasteiger partial charge in [-0.05, 0) is 24.5 Å². The normalized spacial score (nSPS) is 11.7. The molecule has 0 aliphatic rings. The second-order valence-electron chi connectivity index (χ2n) is 3.42. The van der Waals surface area contributed by atoms with E-state index >= 15 is 0 Å². The molecule has 0 N–H and O–H groups in total. The lowest BCUT2D eigenvalue weighted by Gasteiger charge is -2.09. The van der Waals surface area contributed by atoms with Crippen molar-refractivity contribution in [2.24, 2.45) is 0 Å². The van der Waals surface area contributed by atoms with Gasteiger partial charge in [-0.2, -0.15) is 0 Å². The molecule has 0 atom stereocenters. The Balaban J connectivity index is 2.70. The van der Waals surface area contributed by atoms with Gasteiger partial charge in [0.1, 0.15) is 0 Å². The maximum Gasteiger partial charge on any atom is 0.249 e. The average molecular weight is 184 g/mol. The van der Waals surface area contributed by atoms with E-state index < -0.39 is 5.92 Å². The van der Waals surface area contributed by atoms with Crippen LogP contribution in [0.1, 0.15) is 25.0 Å². The molecule has 1 rings (SSSR count). The van der Waals surface area contributed by atoms with Gasteiger partial charge in [-0.15, -0.1) is 0 Å². The van der Waals surface area contributed by atoms with E-state index in [0.29, 0.717) is 5.56 Å². The number of rotatable bonds is 3. The highest BCUT2D eigenvalue weighted by atomic mass is 19.3. The van der Waals surface area contributed by atoms with Crippen LogP contribution in [-0.4, -0.2) is 5.92 Å². The van der Waals surface area contributed by atoms with E-state index in [1.165, 1.54) is 5.56 Å². The van der Waals surface area contributed by atoms with Crippen molar-refractivity contribution in [3.05, 3.63) is 35.4 Å². The summed E-state index contributed by atoms with van der Waals surface area (Å²) in [6.45, 7) is 2.99. The quantitative estimate of drug-likeness (QED) is 0.675. The molecule has 0 saturated carbocycles. The molecule has 0 aromatic heterocycles. The molecular weight excluding hydrogens is 170 g/mol. The fourth-order valence-electron chi connectivity index (χ4n) is 1.25. The third-order valence-electron chi connectivity index (χ3n) is 1.95. The molecule has 0 radical (unpaired) electrons. The second-order valence-corrected chi connectivity index (χ2v) is 3.42. The average Bonchev–Trinajstić information content (AvgIpc) is 2.03. The minimum atomic E-state index is -2.60. The van der Waals surface area contributed by atoms with E-state index in [-0.39, 0.29) is 6.42 Å². The van der Waals surface area contributed by atoms with Crippen LogP contribution in [0, 0.1) is 0 Å². The standard InChI is InChI=1S/C11H14F2/c1-3-9-4-6-10(7-5-9)8-11(2,12)13/h4-7H,3,8H2,1-2H3. The van der Waals surface area contributed by atoms with Crippen molar-refractivity contribution in [2.45, 2.75) is 32.6 Å². The van der Waals surface area contributed by atoms with E-state index in [1.807, 2.05) is 19.1 Å². The van der Waals surface area contributed by atoms with Gasteiger partial charge in [0, 0.05) is 6.42 Å². The van der Waals surface area contributed by atoms with Crippen molar-refractivity contribution >= 4 is 0 Å². The lowest BCUT2D eigenvalue weighted by Crippen LogP contribution is -2.13. The van der Waals surface area contributed by atoms with Crippen LogP contribution in [0.15, 0.2) is 24.3 Å². The highest BCUT2D eigenvalue weighted by molar-refractivity contribution is 5.23. The van der Waals surface area contributed by atoms with Crippen LogP contribution < -0.4 is 0 Å². The van der Waals surface area contributed by atoms with Crippen LogP contribution in [0.4, 0.5) is 8.78 Å². The monoisotopic (exact) mass is 184 g/mol. The predicted octanol–water partition coefficient (Wildman–Crippen LogP) is 3.45. The molecular formula is C11H14F2. The molecule has 0 amide bonds. The fourth-order valence-corrected chi connectivity index (χ4v) is 1.25. The molecule has 2 heteroatoms. The number of benzene rings is 1. The molecule has 1 aromatic carbocycles. The highest BCUT2D eigenvalue weighted by Crippen LogP contribution is 2.19. The molecule has 0 fully saturated rings. The van der Waals surface area contributed by atoms with Gasteiger partial charge in [0.15, 0.2) is 0 Å².